The summed E-state index contributed by atoms with van der Waals surface area (Å²) in [5.41, 5.74) is 1.99. The van der Waals surface area contributed by atoms with E-state index in [4.69, 9.17) is 0 Å². The van der Waals surface area contributed by atoms with Crippen molar-refractivity contribution >= 4 is 16.9 Å². The summed E-state index contributed by atoms with van der Waals surface area (Å²) in [7, 11) is 0. The van der Waals surface area contributed by atoms with Crippen LogP contribution < -0.4 is 10.2 Å². The van der Waals surface area contributed by atoms with Crippen molar-refractivity contribution in [1.29, 1.82) is 0 Å². The Balaban J connectivity index is 1.71. The van der Waals surface area contributed by atoms with Crippen molar-refractivity contribution in [3.8, 4) is 0 Å². The second kappa shape index (κ2) is 6.16. The molecule has 4 rings (SSSR count). The summed E-state index contributed by atoms with van der Waals surface area (Å²) < 4.78 is 16.0. The number of rotatable bonds is 3. The minimum atomic E-state index is -0.183. The molecule has 124 valence electrons. The van der Waals surface area contributed by atoms with E-state index >= 15 is 0 Å². The third kappa shape index (κ3) is 2.60. The minimum absolute atomic E-state index is 0.183. The van der Waals surface area contributed by atoms with Gasteiger partial charge in [-0.15, -0.1) is 0 Å². The summed E-state index contributed by atoms with van der Waals surface area (Å²) in [6, 6.07) is 5.42. The van der Waals surface area contributed by atoms with Crippen molar-refractivity contribution in [2.45, 2.75) is 13.5 Å². The lowest BCUT2D eigenvalue weighted by atomic mass is 10.1. The molecule has 24 heavy (non-hydrogen) atoms. The van der Waals surface area contributed by atoms with Gasteiger partial charge in [0.15, 0.2) is 5.65 Å². The average molecular weight is 326 g/mol. The predicted octanol–water partition coefficient (Wildman–Crippen LogP) is 1.73. The van der Waals surface area contributed by atoms with Crippen molar-refractivity contribution < 1.29 is 4.39 Å². The molecule has 2 aromatic heterocycles. The average Bonchev–Trinajstić information content (AvgIpc) is 3.03. The zero-order valence-corrected chi connectivity index (χ0v) is 13.5. The van der Waals surface area contributed by atoms with Gasteiger partial charge in [0.05, 0.1) is 18.1 Å². The highest BCUT2D eigenvalue weighted by molar-refractivity contribution is 5.86. The highest BCUT2D eigenvalue weighted by Crippen LogP contribution is 2.24. The van der Waals surface area contributed by atoms with E-state index in [1.54, 1.807) is 36.3 Å². The molecule has 0 amide bonds. The fraction of sp³-hybridized carbons (Fsp3) is 0.353. The molecular weight excluding hydrogens is 307 g/mol. The van der Waals surface area contributed by atoms with Crippen LogP contribution >= 0.6 is 0 Å². The smallest absolute Gasteiger partial charge is 0.163 e. The molecule has 1 fully saturated rings. The van der Waals surface area contributed by atoms with Gasteiger partial charge in [-0.2, -0.15) is 5.10 Å². The Hall–Kier alpha value is -2.54. The number of benzene rings is 1. The summed E-state index contributed by atoms with van der Waals surface area (Å²) in [4.78, 5) is 11.0. The Bertz CT molecular complexity index is 869. The second-order valence-corrected chi connectivity index (χ2v) is 6.02. The molecule has 1 aliphatic heterocycles. The first-order chi connectivity index (χ1) is 11.7. The first-order valence-corrected chi connectivity index (χ1v) is 8.10. The molecule has 0 unspecified atom stereocenters. The van der Waals surface area contributed by atoms with E-state index in [2.05, 4.69) is 25.3 Å². The van der Waals surface area contributed by atoms with Crippen LogP contribution in [0, 0.1) is 12.7 Å². The molecule has 0 radical (unpaired) electrons. The number of nitrogens with zero attached hydrogens (tertiary/aromatic N) is 5. The van der Waals surface area contributed by atoms with Gasteiger partial charge in [0, 0.05) is 31.7 Å². The van der Waals surface area contributed by atoms with E-state index in [-0.39, 0.29) is 5.82 Å². The summed E-state index contributed by atoms with van der Waals surface area (Å²) >= 11 is 0. The van der Waals surface area contributed by atoms with Crippen LogP contribution in [0.25, 0.3) is 11.0 Å². The number of hydrogen-bond donors (Lipinski definition) is 1. The maximum atomic E-state index is 14.3. The maximum absolute atomic E-state index is 14.3. The molecule has 7 heteroatoms. The van der Waals surface area contributed by atoms with E-state index in [9.17, 15) is 4.39 Å². The van der Waals surface area contributed by atoms with Crippen molar-refractivity contribution in [3.05, 3.63) is 47.7 Å². The van der Waals surface area contributed by atoms with Crippen molar-refractivity contribution in [1.82, 2.24) is 25.1 Å². The van der Waals surface area contributed by atoms with E-state index in [1.807, 2.05) is 6.07 Å². The van der Waals surface area contributed by atoms with Crippen LogP contribution in [-0.2, 0) is 6.54 Å². The van der Waals surface area contributed by atoms with Crippen LogP contribution in [0.4, 0.5) is 10.2 Å². The molecule has 0 spiro atoms. The van der Waals surface area contributed by atoms with E-state index in [0.29, 0.717) is 17.7 Å². The monoisotopic (exact) mass is 326 g/mol. The molecule has 0 aliphatic carbocycles. The van der Waals surface area contributed by atoms with Crippen LogP contribution in [0.3, 0.4) is 0 Å². The van der Waals surface area contributed by atoms with Gasteiger partial charge < -0.3 is 10.2 Å². The molecule has 3 aromatic rings. The highest BCUT2D eigenvalue weighted by Gasteiger charge is 2.18. The van der Waals surface area contributed by atoms with Gasteiger partial charge >= 0.3 is 0 Å². The van der Waals surface area contributed by atoms with Crippen molar-refractivity contribution in [3.63, 3.8) is 0 Å². The Morgan fingerprint density at radius 3 is 2.88 bits per heavy atom. The predicted molar refractivity (Wildman–Crippen MR) is 90.6 cm³/mol. The fourth-order valence-electron chi connectivity index (χ4n) is 3.12. The highest BCUT2D eigenvalue weighted by atomic mass is 19.1. The standard InChI is InChI=1S/C17H19FN6/c1-12-3-2-4-13(15(12)18)10-24-17-14(9-22-24)16(20-11-21-17)23-7-5-19-6-8-23/h2-4,9,11,19H,5-8,10H2,1H3. The topological polar surface area (TPSA) is 58.9 Å². The molecule has 1 saturated heterocycles. The van der Waals surface area contributed by atoms with Gasteiger partial charge in [0.25, 0.3) is 0 Å². The SMILES string of the molecule is Cc1cccc(Cn2ncc3c(N4CCNCC4)ncnc32)c1F. The van der Waals surface area contributed by atoms with Crippen LogP contribution in [0.1, 0.15) is 11.1 Å². The van der Waals surface area contributed by atoms with Crippen LogP contribution in [0.15, 0.2) is 30.7 Å². The molecule has 1 aliphatic rings. The lowest BCUT2D eigenvalue weighted by Crippen LogP contribution is -2.44. The minimum Gasteiger partial charge on any atom is -0.353 e. The van der Waals surface area contributed by atoms with Crippen LogP contribution in [-0.4, -0.2) is 45.9 Å². The quantitative estimate of drug-likeness (QED) is 0.794. The third-order valence-electron chi connectivity index (χ3n) is 4.42. The van der Waals surface area contributed by atoms with Crippen molar-refractivity contribution in [2.75, 3.05) is 31.1 Å². The zero-order chi connectivity index (χ0) is 16.5. The summed E-state index contributed by atoms with van der Waals surface area (Å²) in [5, 5.41) is 8.67. The second-order valence-electron chi connectivity index (χ2n) is 6.02. The summed E-state index contributed by atoms with van der Waals surface area (Å²) in [6.45, 7) is 5.82. The van der Waals surface area contributed by atoms with Gasteiger partial charge in [-0.3, -0.25) is 0 Å². The van der Waals surface area contributed by atoms with Crippen LogP contribution in [0.5, 0.6) is 0 Å². The molecule has 0 bridgehead atoms. The number of anilines is 1. The molecule has 6 nitrogen and oxygen atoms in total. The number of hydrogen-bond acceptors (Lipinski definition) is 5. The Kier molecular flexibility index (Phi) is 3.86. The Labute approximate surface area is 139 Å². The largest absolute Gasteiger partial charge is 0.353 e. The number of aryl methyl sites for hydroxylation is 1. The van der Waals surface area contributed by atoms with Gasteiger partial charge in [0.1, 0.15) is 18.0 Å². The first-order valence-electron chi connectivity index (χ1n) is 8.10. The fourth-order valence-corrected chi connectivity index (χ4v) is 3.12. The lowest BCUT2D eigenvalue weighted by Gasteiger charge is -2.28. The number of aromatic nitrogens is 4. The third-order valence-corrected chi connectivity index (χ3v) is 4.42. The molecule has 3 heterocycles. The number of nitrogens with one attached hydrogen (secondary N) is 1. The molecule has 0 atom stereocenters. The van der Waals surface area contributed by atoms with Gasteiger partial charge in [-0.05, 0) is 12.5 Å². The first kappa shape index (κ1) is 15.0. The van der Waals surface area contributed by atoms with Crippen LogP contribution in [0.2, 0.25) is 0 Å². The Morgan fingerprint density at radius 2 is 2.04 bits per heavy atom. The Morgan fingerprint density at radius 1 is 1.21 bits per heavy atom. The number of fused-ring (bicyclic) bond motifs is 1. The lowest BCUT2D eigenvalue weighted by molar-refractivity contribution is 0.581. The maximum Gasteiger partial charge on any atom is 0.163 e. The zero-order valence-electron chi connectivity index (χ0n) is 13.5. The molecular formula is C17H19FN6. The number of piperazine rings is 1. The van der Waals surface area contributed by atoms with E-state index in [0.717, 1.165) is 43.0 Å². The normalized spacial score (nSPS) is 15.2. The summed E-state index contributed by atoms with van der Waals surface area (Å²) in [6.07, 6.45) is 3.34. The summed E-state index contributed by atoms with van der Waals surface area (Å²) in [5.74, 6) is 0.718. The molecule has 0 saturated carbocycles. The van der Waals surface area contributed by atoms with Gasteiger partial charge in [0.2, 0.25) is 0 Å². The molecule has 1 N–H and O–H groups in total. The van der Waals surface area contributed by atoms with Gasteiger partial charge in [-0.25, -0.2) is 19.0 Å². The van der Waals surface area contributed by atoms with E-state index in [1.165, 1.54) is 0 Å². The van der Waals surface area contributed by atoms with Crippen molar-refractivity contribution in [2.24, 2.45) is 0 Å². The van der Waals surface area contributed by atoms with E-state index < -0.39 is 0 Å². The number of halogens is 1. The molecule has 1 aromatic carbocycles. The van der Waals surface area contributed by atoms with Gasteiger partial charge in [-0.1, -0.05) is 18.2 Å².